The molecule has 1 aromatic rings. The zero-order valence-electron chi connectivity index (χ0n) is 10.6. The lowest BCUT2D eigenvalue weighted by atomic mass is 10.0. The zero-order valence-corrected chi connectivity index (χ0v) is 12.1. The van der Waals surface area contributed by atoms with Crippen LogP contribution in [0.25, 0.3) is 0 Å². The summed E-state index contributed by atoms with van der Waals surface area (Å²) in [6, 6.07) is 7.99. The minimum atomic E-state index is -0.465. The van der Waals surface area contributed by atoms with Crippen molar-refractivity contribution >= 4 is 21.6 Å². The number of piperidine rings is 1. The van der Waals surface area contributed by atoms with E-state index in [-0.39, 0.29) is 0 Å². The largest absolute Gasteiger partial charge is 0.365 e. The lowest BCUT2D eigenvalue weighted by Crippen LogP contribution is -2.49. The standard InChI is InChI=1S/C14H15BrN2O2/c15-12-3-2-11(9-16)13(8-12)17-5-1-4-14(10-17)18-6-7-19-14/h2-3,8H,1,4-7,10H2. The Labute approximate surface area is 121 Å². The predicted octanol–water partition coefficient (Wildman–Crippen LogP) is 2.66. The van der Waals surface area contributed by atoms with Gasteiger partial charge in [-0.25, -0.2) is 0 Å². The Morgan fingerprint density at radius 3 is 2.84 bits per heavy atom. The Morgan fingerprint density at radius 1 is 1.32 bits per heavy atom. The summed E-state index contributed by atoms with van der Waals surface area (Å²) in [6.45, 7) is 2.95. The molecule has 2 aliphatic rings. The van der Waals surface area contributed by atoms with Crippen LogP contribution in [0.15, 0.2) is 22.7 Å². The van der Waals surface area contributed by atoms with Crippen LogP contribution in [0.3, 0.4) is 0 Å². The molecule has 0 aromatic heterocycles. The molecule has 100 valence electrons. The van der Waals surface area contributed by atoms with Gasteiger partial charge in [0, 0.05) is 17.4 Å². The molecule has 0 amide bonds. The average Bonchev–Trinajstić information content (AvgIpc) is 2.86. The second-order valence-electron chi connectivity index (χ2n) is 4.91. The van der Waals surface area contributed by atoms with Gasteiger partial charge in [0.2, 0.25) is 0 Å². The second-order valence-corrected chi connectivity index (χ2v) is 5.82. The molecule has 2 saturated heterocycles. The van der Waals surface area contributed by atoms with Gasteiger partial charge in [0.25, 0.3) is 0 Å². The van der Waals surface area contributed by atoms with Crippen LogP contribution in [-0.4, -0.2) is 32.1 Å². The smallest absolute Gasteiger partial charge is 0.186 e. The molecule has 2 heterocycles. The normalized spacial score (nSPS) is 21.6. The van der Waals surface area contributed by atoms with Gasteiger partial charge in [-0.3, -0.25) is 0 Å². The Hall–Kier alpha value is -1.09. The summed E-state index contributed by atoms with van der Waals surface area (Å²) in [5.74, 6) is -0.465. The molecule has 0 bridgehead atoms. The first-order valence-corrected chi connectivity index (χ1v) is 7.24. The SMILES string of the molecule is N#Cc1ccc(Br)cc1N1CCCC2(C1)OCCO2. The molecule has 0 aliphatic carbocycles. The van der Waals surface area contributed by atoms with Gasteiger partial charge in [0.15, 0.2) is 5.79 Å². The van der Waals surface area contributed by atoms with Crippen molar-refractivity contribution in [2.24, 2.45) is 0 Å². The molecular formula is C14H15BrN2O2. The van der Waals surface area contributed by atoms with Crippen LogP contribution in [0.5, 0.6) is 0 Å². The molecule has 19 heavy (non-hydrogen) atoms. The molecule has 3 rings (SSSR count). The zero-order chi connectivity index (χ0) is 13.3. The highest BCUT2D eigenvalue weighted by molar-refractivity contribution is 9.10. The molecule has 0 saturated carbocycles. The third-order valence-corrected chi connectivity index (χ3v) is 4.15. The van der Waals surface area contributed by atoms with Crippen molar-refractivity contribution in [3.63, 3.8) is 0 Å². The lowest BCUT2D eigenvalue weighted by molar-refractivity contribution is -0.161. The summed E-state index contributed by atoms with van der Waals surface area (Å²) in [5, 5.41) is 9.24. The Morgan fingerprint density at radius 2 is 2.11 bits per heavy atom. The van der Waals surface area contributed by atoms with E-state index in [4.69, 9.17) is 9.47 Å². The van der Waals surface area contributed by atoms with Gasteiger partial charge in [0.05, 0.1) is 31.0 Å². The van der Waals surface area contributed by atoms with Crippen LogP contribution in [-0.2, 0) is 9.47 Å². The van der Waals surface area contributed by atoms with E-state index in [9.17, 15) is 5.26 Å². The molecule has 1 spiro atoms. The highest BCUT2D eigenvalue weighted by Gasteiger charge is 2.41. The fourth-order valence-electron chi connectivity index (χ4n) is 2.79. The van der Waals surface area contributed by atoms with Gasteiger partial charge in [-0.15, -0.1) is 0 Å². The summed E-state index contributed by atoms with van der Waals surface area (Å²) in [5.41, 5.74) is 1.65. The van der Waals surface area contributed by atoms with Crippen molar-refractivity contribution in [2.75, 3.05) is 31.2 Å². The molecule has 0 radical (unpaired) electrons. The number of nitriles is 1. The van der Waals surface area contributed by atoms with Crippen LogP contribution >= 0.6 is 15.9 Å². The second kappa shape index (κ2) is 5.12. The molecular weight excluding hydrogens is 308 g/mol. The average molecular weight is 323 g/mol. The summed E-state index contributed by atoms with van der Waals surface area (Å²) in [6.07, 6.45) is 1.94. The minimum absolute atomic E-state index is 0.465. The fraction of sp³-hybridized carbons (Fsp3) is 0.500. The van der Waals surface area contributed by atoms with Gasteiger partial charge >= 0.3 is 0 Å². The van der Waals surface area contributed by atoms with Gasteiger partial charge < -0.3 is 14.4 Å². The summed E-state index contributed by atoms with van der Waals surface area (Å²) in [4.78, 5) is 2.19. The van der Waals surface area contributed by atoms with Crippen molar-refractivity contribution in [3.8, 4) is 6.07 Å². The number of rotatable bonds is 1. The molecule has 0 atom stereocenters. The van der Waals surface area contributed by atoms with Crippen molar-refractivity contribution in [3.05, 3.63) is 28.2 Å². The molecule has 2 fully saturated rings. The van der Waals surface area contributed by atoms with E-state index >= 15 is 0 Å². The van der Waals surface area contributed by atoms with Gasteiger partial charge in [0.1, 0.15) is 6.07 Å². The highest BCUT2D eigenvalue weighted by Crippen LogP contribution is 2.34. The van der Waals surface area contributed by atoms with E-state index in [1.54, 1.807) is 0 Å². The minimum Gasteiger partial charge on any atom is -0.365 e. The number of benzene rings is 1. The number of nitrogens with zero attached hydrogens (tertiary/aromatic N) is 2. The molecule has 1 aromatic carbocycles. The quantitative estimate of drug-likeness (QED) is 0.797. The Balaban J connectivity index is 1.89. The van der Waals surface area contributed by atoms with Crippen LogP contribution in [0.1, 0.15) is 18.4 Å². The van der Waals surface area contributed by atoms with E-state index in [0.717, 1.165) is 29.5 Å². The maximum Gasteiger partial charge on any atom is 0.186 e. The van der Waals surface area contributed by atoms with Crippen molar-refractivity contribution in [1.29, 1.82) is 5.26 Å². The summed E-state index contributed by atoms with van der Waals surface area (Å²) in [7, 11) is 0. The van der Waals surface area contributed by atoms with Gasteiger partial charge in [-0.1, -0.05) is 15.9 Å². The van der Waals surface area contributed by atoms with Crippen LogP contribution in [0.2, 0.25) is 0 Å². The number of ether oxygens (including phenoxy) is 2. The monoisotopic (exact) mass is 322 g/mol. The fourth-order valence-corrected chi connectivity index (χ4v) is 3.14. The summed E-state index contributed by atoms with van der Waals surface area (Å²) < 4.78 is 12.5. The van der Waals surface area contributed by atoms with Crippen LogP contribution in [0, 0.1) is 11.3 Å². The molecule has 2 aliphatic heterocycles. The third kappa shape index (κ3) is 2.48. The first-order valence-electron chi connectivity index (χ1n) is 6.45. The first-order chi connectivity index (χ1) is 9.22. The van der Waals surface area contributed by atoms with E-state index < -0.39 is 5.79 Å². The van der Waals surface area contributed by atoms with E-state index in [1.807, 2.05) is 18.2 Å². The number of hydrogen-bond donors (Lipinski definition) is 0. The maximum absolute atomic E-state index is 9.24. The van der Waals surface area contributed by atoms with Crippen molar-refractivity contribution in [2.45, 2.75) is 18.6 Å². The van der Waals surface area contributed by atoms with E-state index in [1.165, 1.54) is 0 Å². The number of anilines is 1. The van der Waals surface area contributed by atoms with Crippen molar-refractivity contribution < 1.29 is 9.47 Å². The first kappa shape index (κ1) is 12.9. The Bertz CT molecular complexity index is 521. The van der Waals surface area contributed by atoms with Gasteiger partial charge in [-0.2, -0.15) is 5.26 Å². The van der Waals surface area contributed by atoms with Crippen molar-refractivity contribution in [1.82, 2.24) is 0 Å². The Kier molecular flexibility index (Phi) is 3.48. The van der Waals surface area contributed by atoms with Gasteiger partial charge in [-0.05, 0) is 24.6 Å². The van der Waals surface area contributed by atoms with Crippen LogP contribution in [0.4, 0.5) is 5.69 Å². The van der Waals surface area contributed by atoms with E-state index in [0.29, 0.717) is 25.3 Å². The maximum atomic E-state index is 9.24. The molecule has 5 heteroatoms. The van der Waals surface area contributed by atoms with E-state index in [2.05, 4.69) is 26.9 Å². The lowest BCUT2D eigenvalue weighted by Gasteiger charge is -2.40. The topological polar surface area (TPSA) is 45.5 Å². The molecule has 4 nitrogen and oxygen atoms in total. The molecule has 0 N–H and O–H groups in total. The van der Waals surface area contributed by atoms with Crippen LogP contribution < -0.4 is 4.90 Å². The number of halogens is 1. The third-order valence-electron chi connectivity index (χ3n) is 3.65. The predicted molar refractivity (Wildman–Crippen MR) is 74.9 cm³/mol. The number of hydrogen-bond acceptors (Lipinski definition) is 4. The highest BCUT2D eigenvalue weighted by atomic mass is 79.9. The molecule has 0 unspecified atom stereocenters. The summed E-state index contributed by atoms with van der Waals surface area (Å²) >= 11 is 3.47.